The zero-order chi connectivity index (χ0) is 14.4. The SMILES string of the molecule is CCCC(NCC)c1ccn(Cc2ccc(I)cc2)c1. The molecule has 0 spiro atoms. The summed E-state index contributed by atoms with van der Waals surface area (Å²) in [6.45, 7) is 6.38. The first-order chi connectivity index (χ1) is 9.72. The lowest BCUT2D eigenvalue weighted by Gasteiger charge is -2.15. The number of nitrogens with one attached hydrogen (secondary N) is 1. The van der Waals surface area contributed by atoms with Crippen molar-refractivity contribution < 1.29 is 0 Å². The molecule has 1 aromatic heterocycles. The highest BCUT2D eigenvalue weighted by molar-refractivity contribution is 14.1. The predicted octanol–water partition coefficient (Wildman–Crippen LogP) is 4.59. The molecule has 0 amide bonds. The molecule has 2 rings (SSSR count). The van der Waals surface area contributed by atoms with Gasteiger partial charge in [-0.2, -0.15) is 0 Å². The first-order valence-electron chi connectivity index (χ1n) is 7.36. The van der Waals surface area contributed by atoms with Crippen LogP contribution in [0.5, 0.6) is 0 Å². The first-order valence-corrected chi connectivity index (χ1v) is 8.44. The Hall–Kier alpha value is -0.810. The average molecular weight is 382 g/mol. The molecule has 0 aliphatic heterocycles. The summed E-state index contributed by atoms with van der Waals surface area (Å²) in [6.07, 6.45) is 6.87. The summed E-state index contributed by atoms with van der Waals surface area (Å²) in [5.41, 5.74) is 2.75. The van der Waals surface area contributed by atoms with Crippen molar-refractivity contribution in [2.45, 2.75) is 39.3 Å². The van der Waals surface area contributed by atoms with Crippen LogP contribution in [0.1, 0.15) is 43.9 Å². The Kier molecular flexibility index (Phi) is 6.10. The normalized spacial score (nSPS) is 12.6. The number of aromatic nitrogens is 1. The third-order valence-corrected chi connectivity index (χ3v) is 4.20. The van der Waals surface area contributed by atoms with Gasteiger partial charge in [0.05, 0.1) is 0 Å². The predicted molar refractivity (Wildman–Crippen MR) is 94.0 cm³/mol. The molecule has 0 saturated carbocycles. The number of hydrogen-bond acceptors (Lipinski definition) is 1. The Morgan fingerprint density at radius 1 is 1.15 bits per heavy atom. The Morgan fingerprint density at radius 3 is 2.55 bits per heavy atom. The summed E-state index contributed by atoms with van der Waals surface area (Å²) in [5.74, 6) is 0. The van der Waals surface area contributed by atoms with Crippen LogP contribution in [-0.4, -0.2) is 11.1 Å². The van der Waals surface area contributed by atoms with Gasteiger partial charge >= 0.3 is 0 Å². The molecule has 1 N–H and O–H groups in total. The summed E-state index contributed by atoms with van der Waals surface area (Å²) < 4.78 is 3.56. The molecule has 1 unspecified atom stereocenters. The molecule has 0 bridgehead atoms. The summed E-state index contributed by atoms with van der Waals surface area (Å²) in [7, 11) is 0. The van der Waals surface area contributed by atoms with E-state index in [1.807, 2.05) is 0 Å². The number of halogens is 1. The molecule has 20 heavy (non-hydrogen) atoms. The molecule has 108 valence electrons. The van der Waals surface area contributed by atoms with E-state index in [9.17, 15) is 0 Å². The number of hydrogen-bond donors (Lipinski definition) is 1. The molecule has 1 aromatic carbocycles. The van der Waals surface area contributed by atoms with Gasteiger partial charge < -0.3 is 9.88 Å². The zero-order valence-corrected chi connectivity index (χ0v) is 14.4. The smallest absolute Gasteiger partial charge is 0.0470 e. The highest BCUT2D eigenvalue weighted by atomic mass is 127. The zero-order valence-electron chi connectivity index (χ0n) is 12.3. The summed E-state index contributed by atoms with van der Waals surface area (Å²) >= 11 is 2.34. The molecule has 0 aliphatic rings. The van der Waals surface area contributed by atoms with E-state index in [4.69, 9.17) is 0 Å². The van der Waals surface area contributed by atoms with E-state index in [0.717, 1.165) is 13.1 Å². The lowest BCUT2D eigenvalue weighted by atomic mass is 10.1. The summed E-state index contributed by atoms with van der Waals surface area (Å²) in [5, 5.41) is 3.57. The third-order valence-electron chi connectivity index (χ3n) is 3.48. The van der Waals surface area contributed by atoms with Crippen molar-refractivity contribution in [2.75, 3.05) is 6.54 Å². The van der Waals surface area contributed by atoms with Crippen LogP contribution in [-0.2, 0) is 6.54 Å². The fourth-order valence-corrected chi connectivity index (χ4v) is 2.85. The van der Waals surface area contributed by atoms with Crippen LogP contribution < -0.4 is 5.32 Å². The van der Waals surface area contributed by atoms with Crippen LogP contribution in [0, 0.1) is 3.57 Å². The van der Waals surface area contributed by atoms with E-state index in [-0.39, 0.29) is 0 Å². The monoisotopic (exact) mass is 382 g/mol. The van der Waals surface area contributed by atoms with Crippen molar-refractivity contribution in [3.8, 4) is 0 Å². The standard InChI is InChI=1S/C17H23IN2/c1-3-5-17(19-4-2)15-10-11-20(13-15)12-14-6-8-16(18)9-7-14/h6-11,13,17,19H,3-5,12H2,1-2H3. The average Bonchev–Trinajstić information content (AvgIpc) is 2.90. The first kappa shape index (κ1) is 15.6. The number of benzene rings is 1. The second kappa shape index (κ2) is 7.84. The van der Waals surface area contributed by atoms with Crippen molar-refractivity contribution in [3.63, 3.8) is 0 Å². The second-order valence-electron chi connectivity index (χ2n) is 5.14. The minimum absolute atomic E-state index is 0.489. The van der Waals surface area contributed by atoms with Crippen molar-refractivity contribution in [1.82, 2.24) is 9.88 Å². The van der Waals surface area contributed by atoms with Gasteiger partial charge in [-0.25, -0.2) is 0 Å². The Bertz CT molecular complexity index is 510. The highest BCUT2D eigenvalue weighted by Crippen LogP contribution is 2.19. The molecule has 1 atom stereocenters. The van der Waals surface area contributed by atoms with Crippen molar-refractivity contribution in [3.05, 3.63) is 57.4 Å². The van der Waals surface area contributed by atoms with Gasteiger partial charge in [-0.15, -0.1) is 0 Å². The lowest BCUT2D eigenvalue weighted by molar-refractivity contribution is 0.508. The topological polar surface area (TPSA) is 17.0 Å². The van der Waals surface area contributed by atoms with Crippen LogP contribution in [0.4, 0.5) is 0 Å². The lowest BCUT2D eigenvalue weighted by Crippen LogP contribution is -2.20. The van der Waals surface area contributed by atoms with E-state index in [0.29, 0.717) is 6.04 Å². The third kappa shape index (κ3) is 4.35. The maximum Gasteiger partial charge on any atom is 0.0470 e. The molecular weight excluding hydrogens is 359 g/mol. The summed E-state index contributed by atoms with van der Waals surface area (Å²) in [4.78, 5) is 0. The Morgan fingerprint density at radius 2 is 1.90 bits per heavy atom. The van der Waals surface area contributed by atoms with Crippen LogP contribution in [0.25, 0.3) is 0 Å². The number of rotatable bonds is 7. The molecule has 0 radical (unpaired) electrons. The fraction of sp³-hybridized carbons (Fsp3) is 0.412. The molecule has 2 nitrogen and oxygen atoms in total. The molecule has 2 aromatic rings. The van der Waals surface area contributed by atoms with Gasteiger partial charge in [0, 0.05) is 28.6 Å². The summed E-state index contributed by atoms with van der Waals surface area (Å²) in [6, 6.07) is 11.5. The van der Waals surface area contributed by atoms with Gasteiger partial charge in [0.1, 0.15) is 0 Å². The van der Waals surface area contributed by atoms with Crippen molar-refractivity contribution >= 4 is 22.6 Å². The van der Waals surface area contributed by atoms with Gasteiger partial charge in [0.15, 0.2) is 0 Å². The van der Waals surface area contributed by atoms with Crippen molar-refractivity contribution in [1.29, 1.82) is 0 Å². The van der Waals surface area contributed by atoms with Gasteiger partial charge in [-0.3, -0.25) is 0 Å². The van der Waals surface area contributed by atoms with Crippen LogP contribution in [0.3, 0.4) is 0 Å². The molecular formula is C17H23IN2. The Labute approximate surface area is 135 Å². The molecule has 0 saturated heterocycles. The fourth-order valence-electron chi connectivity index (χ4n) is 2.49. The quantitative estimate of drug-likeness (QED) is 0.693. The van der Waals surface area contributed by atoms with Gasteiger partial charge in [0.2, 0.25) is 0 Å². The molecule has 0 fully saturated rings. The number of nitrogens with zero attached hydrogens (tertiary/aromatic N) is 1. The highest BCUT2D eigenvalue weighted by Gasteiger charge is 2.10. The van der Waals surface area contributed by atoms with E-state index in [2.05, 4.69) is 89.0 Å². The van der Waals surface area contributed by atoms with E-state index in [1.165, 1.54) is 27.5 Å². The second-order valence-corrected chi connectivity index (χ2v) is 6.39. The van der Waals surface area contributed by atoms with E-state index < -0.39 is 0 Å². The van der Waals surface area contributed by atoms with Crippen molar-refractivity contribution in [2.24, 2.45) is 0 Å². The Balaban J connectivity index is 2.05. The van der Waals surface area contributed by atoms with Crippen LogP contribution in [0.2, 0.25) is 0 Å². The minimum Gasteiger partial charge on any atom is -0.350 e. The van der Waals surface area contributed by atoms with Crippen LogP contribution >= 0.6 is 22.6 Å². The van der Waals surface area contributed by atoms with Crippen LogP contribution in [0.15, 0.2) is 42.7 Å². The maximum atomic E-state index is 3.57. The molecule has 3 heteroatoms. The van der Waals surface area contributed by atoms with E-state index in [1.54, 1.807) is 0 Å². The molecule has 1 heterocycles. The largest absolute Gasteiger partial charge is 0.350 e. The van der Waals surface area contributed by atoms with E-state index >= 15 is 0 Å². The van der Waals surface area contributed by atoms with Gasteiger partial charge in [-0.05, 0) is 64.9 Å². The minimum atomic E-state index is 0.489. The van der Waals surface area contributed by atoms with Gasteiger partial charge in [0.25, 0.3) is 0 Å². The maximum absolute atomic E-state index is 3.57. The molecule has 0 aliphatic carbocycles. The van der Waals surface area contributed by atoms with Gasteiger partial charge in [-0.1, -0.05) is 32.4 Å².